The predicted octanol–water partition coefficient (Wildman–Crippen LogP) is 1.72. The highest BCUT2D eigenvalue weighted by Crippen LogP contribution is 2.24. The summed E-state index contributed by atoms with van der Waals surface area (Å²) in [6.45, 7) is 2.59. The molecule has 6 nitrogen and oxygen atoms in total. The van der Waals surface area contributed by atoms with Crippen LogP contribution in [0.15, 0.2) is 30.5 Å². The lowest BCUT2D eigenvalue weighted by atomic mass is 10.1. The van der Waals surface area contributed by atoms with Crippen LogP contribution in [-0.2, 0) is 7.05 Å². The van der Waals surface area contributed by atoms with E-state index in [1.54, 1.807) is 7.05 Å². The summed E-state index contributed by atoms with van der Waals surface area (Å²) in [6.07, 6.45) is 2.54. The number of aromatic nitrogens is 3. The second-order valence-electron chi connectivity index (χ2n) is 5.53. The van der Waals surface area contributed by atoms with Gasteiger partial charge in [0, 0.05) is 37.4 Å². The molecular formula is C15H18ClN5O. The monoisotopic (exact) mass is 319 g/mol. The van der Waals surface area contributed by atoms with Crippen molar-refractivity contribution in [1.82, 2.24) is 20.3 Å². The molecule has 1 amide bonds. The van der Waals surface area contributed by atoms with Crippen molar-refractivity contribution in [1.29, 1.82) is 0 Å². The molecule has 1 aliphatic rings. The molecule has 1 aliphatic heterocycles. The minimum Gasteiger partial charge on any atom is -0.371 e. The normalized spacial score (nSPS) is 17.7. The third kappa shape index (κ3) is 3.22. The fraction of sp³-hybridized carbons (Fsp3) is 0.400. The number of nitrogens with zero attached hydrogens (tertiary/aromatic N) is 4. The van der Waals surface area contributed by atoms with Gasteiger partial charge in [0.1, 0.15) is 5.69 Å². The van der Waals surface area contributed by atoms with E-state index in [2.05, 4.69) is 20.5 Å². The van der Waals surface area contributed by atoms with Gasteiger partial charge in [-0.05, 0) is 36.6 Å². The highest BCUT2D eigenvalue weighted by atomic mass is 35.5. The van der Waals surface area contributed by atoms with Gasteiger partial charge in [-0.1, -0.05) is 16.8 Å². The highest BCUT2D eigenvalue weighted by Gasteiger charge is 2.23. The minimum atomic E-state index is -0.127. The largest absolute Gasteiger partial charge is 0.371 e. The molecule has 0 spiro atoms. The van der Waals surface area contributed by atoms with Crippen molar-refractivity contribution in [2.45, 2.75) is 6.42 Å². The van der Waals surface area contributed by atoms with E-state index in [-0.39, 0.29) is 5.91 Å². The number of halogens is 1. The summed E-state index contributed by atoms with van der Waals surface area (Å²) < 4.78 is 1.48. The van der Waals surface area contributed by atoms with E-state index in [0.29, 0.717) is 18.2 Å². The van der Waals surface area contributed by atoms with Crippen LogP contribution in [0.2, 0.25) is 5.02 Å². The number of benzene rings is 1. The molecule has 2 aromatic rings. The Bertz CT molecular complexity index is 654. The summed E-state index contributed by atoms with van der Waals surface area (Å²) in [5.41, 5.74) is 1.65. The van der Waals surface area contributed by atoms with Gasteiger partial charge in [0.25, 0.3) is 5.91 Å². The molecule has 116 valence electrons. The zero-order valence-corrected chi connectivity index (χ0v) is 13.1. The Kier molecular flexibility index (Phi) is 4.29. The van der Waals surface area contributed by atoms with Crippen molar-refractivity contribution in [2.75, 3.05) is 24.5 Å². The zero-order valence-electron chi connectivity index (χ0n) is 12.4. The van der Waals surface area contributed by atoms with Gasteiger partial charge < -0.3 is 10.2 Å². The number of anilines is 1. The molecule has 1 aromatic heterocycles. The van der Waals surface area contributed by atoms with E-state index >= 15 is 0 Å². The molecule has 1 saturated heterocycles. The molecule has 0 aliphatic carbocycles. The number of nitrogens with one attached hydrogen (secondary N) is 1. The molecule has 0 radical (unpaired) electrons. The Balaban J connectivity index is 1.52. The van der Waals surface area contributed by atoms with Crippen LogP contribution in [-0.4, -0.2) is 40.5 Å². The van der Waals surface area contributed by atoms with Crippen LogP contribution >= 0.6 is 11.6 Å². The van der Waals surface area contributed by atoms with Crippen LogP contribution in [0.1, 0.15) is 16.9 Å². The van der Waals surface area contributed by atoms with Crippen LogP contribution in [0.3, 0.4) is 0 Å². The van der Waals surface area contributed by atoms with Gasteiger partial charge in [0.2, 0.25) is 0 Å². The van der Waals surface area contributed by atoms with Crippen molar-refractivity contribution < 1.29 is 4.79 Å². The zero-order chi connectivity index (χ0) is 15.5. The van der Waals surface area contributed by atoms with Crippen molar-refractivity contribution in [2.24, 2.45) is 13.0 Å². The highest BCUT2D eigenvalue weighted by molar-refractivity contribution is 6.30. The lowest BCUT2D eigenvalue weighted by Crippen LogP contribution is -2.32. The fourth-order valence-electron chi connectivity index (χ4n) is 2.71. The molecule has 2 heterocycles. The Morgan fingerprint density at radius 1 is 1.41 bits per heavy atom. The second-order valence-corrected chi connectivity index (χ2v) is 5.97. The van der Waals surface area contributed by atoms with Gasteiger partial charge in [0.05, 0.1) is 6.20 Å². The molecule has 1 unspecified atom stereocenters. The number of carbonyl (C=O) groups is 1. The Morgan fingerprint density at radius 2 is 2.18 bits per heavy atom. The predicted molar refractivity (Wildman–Crippen MR) is 85.1 cm³/mol. The maximum Gasteiger partial charge on any atom is 0.271 e. The van der Waals surface area contributed by atoms with Gasteiger partial charge >= 0.3 is 0 Å². The summed E-state index contributed by atoms with van der Waals surface area (Å²) in [4.78, 5) is 14.4. The molecule has 1 aromatic carbocycles. The van der Waals surface area contributed by atoms with Gasteiger partial charge in [-0.25, -0.2) is 4.68 Å². The maximum absolute atomic E-state index is 12.0. The summed E-state index contributed by atoms with van der Waals surface area (Å²) in [7, 11) is 1.71. The summed E-state index contributed by atoms with van der Waals surface area (Å²) in [6, 6.07) is 7.87. The first kappa shape index (κ1) is 14.8. The number of hydrogen-bond acceptors (Lipinski definition) is 4. The first-order chi connectivity index (χ1) is 10.6. The van der Waals surface area contributed by atoms with Crippen LogP contribution < -0.4 is 10.2 Å². The van der Waals surface area contributed by atoms with E-state index in [1.165, 1.54) is 16.6 Å². The average Bonchev–Trinajstić information content (AvgIpc) is 3.14. The minimum absolute atomic E-state index is 0.127. The van der Waals surface area contributed by atoms with E-state index in [4.69, 9.17) is 11.6 Å². The molecule has 3 rings (SSSR count). The molecule has 1 fully saturated rings. The number of amides is 1. The van der Waals surface area contributed by atoms with Crippen LogP contribution in [0.5, 0.6) is 0 Å². The summed E-state index contributed by atoms with van der Waals surface area (Å²) >= 11 is 5.91. The van der Waals surface area contributed by atoms with Crippen molar-refractivity contribution >= 4 is 23.2 Å². The fourth-order valence-corrected chi connectivity index (χ4v) is 2.83. The quantitative estimate of drug-likeness (QED) is 0.932. The summed E-state index contributed by atoms with van der Waals surface area (Å²) in [5, 5.41) is 11.2. The molecule has 0 saturated carbocycles. The molecule has 0 bridgehead atoms. The van der Waals surface area contributed by atoms with Crippen LogP contribution in [0, 0.1) is 5.92 Å². The van der Waals surface area contributed by atoms with Crippen LogP contribution in [0.4, 0.5) is 5.69 Å². The summed E-state index contributed by atoms with van der Waals surface area (Å²) in [5.74, 6) is 0.318. The lowest BCUT2D eigenvalue weighted by Gasteiger charge is -2.19. The van der Waals surface area contributed by atoms with Crippen molar-refractivity contribution in [3.63, 3.8) is 0 Å². The standard InChI is InChI=1S/C15H18ClN5O/c1-20-14(9-18-19-20)15(22)17-8-11-6-7-21(10-11)13-4-2-12(16)3-5-13/h2-5,9,11H,6-8,10H2,1H3,(H,17,22). The Morgan fingerprint density at radius 3 is 2.86 bits per heavy atom. The van der Waals surface area contributed by atoms with Gasteiger partial charge in [-0.15, -0.1) is 5.10 Å². The van der Waals surface area contributed by atoms with E-state index < -0.39 is 0 Å². The molecule has 1 atom stereocenters. The number of rotatable bonds is 4. The third-order valence-electron chi connectivity index (χ3n) is 3.98. The smallest absolute Gasteiger partial charge is 0.271 e. The van der Waals surface area contributed by atoms with Crippen molar-refractivity contribution in [3.05, 3.63) is 41.2 Å². The Hall–Kier alpha value is -2.08. The number of hydrogen-bond donors (Lipinski definition) is 1. The van der Waals surface area contributed by atoms with Gasteiger partial charge in [0.15, 0.2) is 0 Å². The lowest BCUT2D eigenvalue weighted by molar-refractivity contribution is 0.0939. The van der Waals surface area contributed by atoms with E-state index in [1.807, 2.05) is 24.3 Å². The van der Waals surface area contributed by atoms with Crippen molar-refractivity contribution in [3.8, 4) is 0 Å². The Labute approximate surface area is 134 Å². The van der Waals surface area contributed by atoms with E-state index in [0.717, 1.165) is 24.5 Å². The van der Waals surface area contributed by atoms with Crippen LogP contribution in [0.25, 0.3) is 0 Å². The molecule has 22 heavy (non-hydrogen) atoms. The maximum atomic E-state index is 12.0. The number of carbonyl (C=O) groups excluding carboxylic acids is 1. The first-order valence-electron chi connectivity index (χ1n) is 7.27. The topological polar surface area (TPSA) is 63.1 Å². The SMILES string of the molecule is Cn1nncc1C(=O)NCC1CCN(c2ccc(Cl)cc2)C1. The second kappa shape index (κ2) is 6.36. The van der Waals surface area contributed by atoms with Gasteiger partial charge in [-0.2, -0.15) is 0 Å². The molecule has 1 N–H and O–H groups in total. The van der Waals surface area contributed by atoms with Gasteiger partial charge in [-0.3, -0.25) is 4.79 Å². The number of aryl methyl sites for hydroxylation is 1. The first-order valence-corrected chi connectivity index (χ1v) is 7.64. The third-order valence-corrected chi connectivity index (χ3v) is 4.23. The molecule has 7 heteroatoms. The van der Waals surface area contributed by atoms with E-state index in [9.17, 15) is 4.79 Å². The average molecular weight is 320 g/mol. The molecular weight excluding hydrogens is 302 g/mol.